The molecule has 0 saturated carbocycles. The quantitative estimate of drug-likeness (QED) is 0.721. The Morgan fingerprint density at radius 3 is 3.05 bits per heavy atom. The smallest absolute Gasteiger partial charge is 0.227 e. The summed E-state index contributed by atoms with van der Waals surface area (Å²) in [6.07, 6.45) is 1.01. The van der Waals surface area contributed by atoms with Crippen molar-refractivity contribution in [2.75, 3.05) is 11.9 Å². The van der Waals surface area contributed by atoms with E-state index in [0.29, 0.717) is 17.0 Å². The number of hydrogen-bond donors (Lipinski definition) is 1. The third-order valence-electron chi connectivity index (χ3n) is 3.41. The van der Waals surface area contributed by atoms with E-state index in [9.17, 15) is 4.39 Å². The number of nitrogens with zero attached hydrogens (tertiary/aromatic N) is 1. The highest BCUT2D eigenvalue weighted by Crippen LogP contribution is 2.30. The lowest BCUT2D eigenvalue weighted by molar-refractivity contribution is 0.602. The fourth-order valence-corrected chi connectivity index (χ4v) is 2.46. The van der Waals surface area contributed by atoms with Crippen molar-refractivity contribution in [2.24, 2.45) is 0 Å². The molecule has 94 valence electrons. The highest BCUT2D eigenvalue weighted by Gasteiger charge is 2.14. The third kappa shape index (κ3) is 1.68. The molecule has 0 radical (unpaired) electrons. The number of halogens is 1. The molecule has 0 atom stereocenters. The van der Waals surface area contributed by atoms with Crippen LogP contribution in [0.2, 0.25) is 0 Å². The van der Waals surface area contributed by atoms with Crippen LogP contribution in [-0.4, -0.2) is 11.5 Å². The predicted molar refractivity (Wildman–Crippen MR) is 71.6 cm³/mol. The lowest BCUT2D eigenvalue weighted by Crippen LogP contribution is -1.90. The highest BCUT2D eigenvalue weighted by molar-refractivity contribution is 5.77. The van der Waals surface area contributed by atoms with Crippen LogP contribution in [0.25, 0.3) is 22.6 Å². The van der Waals surface area contributed by atoms with Gasteiger partial charge in [-0.2, -0.15) is 0 Å². The summed E-state index contributed by atoms with van der Waals surface area (Å²) in [6, 6.07) is 10.5. The number of rotatable bonds is 1. The summed E-state index contributed by atoms with van der Waals surface area (Å²) >= 11 is 0. The van der Waals surface area contributed by atoms with E-state index in [0.717, 1.165) is 18.5 Å². The number of benzene rings is 2. The normalized spacial score (nSPS) is 13.5. The van der Waals surface area contributed by atoms with E-state index in [1.165, 1.54) is 23.4 Å². The molecule has 1 aliphatic heterocycles. The van der Waals surface area contributed by atoms with E-state index >= 15 is 0 Å². The second-order valence-electron chi connectivity index (χ2n) is 4.68. The molecule has 2 aromatic carbocycles. The first-order valence-corrected chi connectivity index (χ1v) is 6.23. The fraction of sp³-hybridized carbons (Fsp3) is 0.133. The maximum atomic E-state index is 13.1. The standard InChI is InChI=1S/C15H11FN2O/c16-11-2-4-13-14(8-11)19-15(18-13)10-1-3-12-9(7-10)5-6-17-12/h1-4,7-8,17H,5-6H2. The Morgan fingerprint density at radius 2 is 2.11 bits per heavy atom. The van der Waals surface area contributed by atoms with Gasteiger partial charge < -0.3 is 9.73 Å². The first-order chi connectivity index (χ1) is 9.29. The van der Waals surface area contributed by atoms with Crippen LogP contribution in [0.4, 0.5) is 10.1 Å². The van der Waals surface area contributed by atoms with Gasteiger partial charge in [0.2, 0.25) is 5.89 Å². The largest absolute Gasteiger partial charge is 0.436 e. The Labute approximate surface area is 109 Å². The van der Waals surface area contributed by atoms with Crippen molar-refractivity contribution in [1.82, 2.24) is 4.98 Å². The van der Waals surface area contributed by atoms with E-state index in [4.69, 9.17) is 4.42 Å². The zero-order chi connectivity index (χ0) is 12.8. The van der Waals surface area contributed by atoms with Crippen LogP contribution in [0.1, 0.15) is 5.56 Å². The molecular formula is C15H11FN2O. The predicted octanol–water partition coefficient (Wildman–Crippen LogP) is 3.60. The minimum atomic E-state index is -0.312. The van der Waals surface area contributed by atoms with Crippen LogP contribution in [0, 0.1) is 5.82 Å². The van der Waals surface area contributed by atoms with Gasteiger partial charge in [-0.25, -0.2) is 9.37 Å². The molecule has 0 fully saturated rings. The van der Waals surface area contributed by atoms with Gasteiger partial charge in [-0.15, -0.1) is 0 Å². The van der Waals surface area contributed by atoms with Crippen LogP contribution in [0.15, 0.2) is 40.8 Å². The molecule has 0 bridgehead atoms. The Hall–Kier alpha value is -2.36. The summed E-state index contributed by atoms with van der Waals surface area (Å²) in [6.45, 7) is 0.970. The molecular weight excluding hydrogens is 243 g/mol. The van der Waals surface area contributed by atoms with Gasteiger partial charge in [0.15, 0.2) is 5.58 Å². The molecule has 4 rings (SSSR count). The third-order valence-corrected chi connectivity index (χ3v) is 3.41. The molecule has 0 spiro atoms. The summed E-state index contributed by atoms with van der Waals surface area (Å²) in [5.41, 5.74) is 4.53. The number of aromatic nitrogens is 1. The topological polar surface area (TPSA) is 38.1 Å². The average Bonchev–Trinajstić information content (AvgIpc) is 3.02. The zero-order valence-electron chi connectivity index (χ0n) is 10.1. The van der Waals surface area contributed by atoms with Gasteiger partial charge in [0.25, 0.3) is 0 Å². The average molecular weight is 254 g/mol. The van der Waals surface area contributed by atoms with Gasteiger partial charge in [-0.3, -0.25) is 0 Å². The maximum absolute atomic E-state index is 13.1. The van der Waals surface area contributed by atoms with E-state index in [1.807, 2.05) is 12.1 Å². The van der Waals surface area contributed by atoms with Gasteiger partial charge in [0.1, 0.15) is 11.3 Å². The van der Waals surface area contributed by atoms with E-state index < -0.39 is 0 Å². The maximum Gasteiger partial charge on any atom is 0.227 e. The molecule has 0 amide bonds. The van der Waals surface area contributed by atoms with Gasteiger partial charge in [0, 0.05) is 23.9 Å². The number of hydrogen-bond acceptors (Lipinski definition) is 3. The Kier molecular flexibility index (Phi) is 2.12. The van der Waals surface area contributed by atoms with E-state index in [-0.39, 0.29) is 5.82 Å². The highest BCUT2D eigenvalue weighted by atomic mass is 19.1. The lowest BCUT2D eigenvalue weighted by atomic mass is 10.1. The first-order valence-electron chi connectivity index (χ1n) is 6.23. The van der Waals surface area contributed by atoms with Crippen molar-refractivity contribution < 1.29 is 8.81 Å². The summed E-state index contributed by atoms with van der Waals surface area (Å²) in [5, 5.41) is 3.31. The molecule has 0 saturated heterocycles. The molecule has 4 heteroatoms. The van der Waals surface area contributed by atoms with E-state index in [1.54, 1.807) is 6.07 Å². The molecule has 2 heterocycles. The molecule has 0 unspecified atom stereocenters. The second-order valence-corrected chi connectivity index (χ2v) is 4.68. The minimum absolute atomic E-state index is 0.312. The van der Waals surface area contributed by atoms with Gasteiger partial charge in [-0.1, -0.05) is 0 Å². The fourth-order valence-electron chi connectivity index (χ4n) is 2.46. The number of nitrogens with one attached hydrogen (secondary N) is 1. The van der Waals surface area contributed by atoms with Crippen molar-refractivity contribution in [1.29, 1.82) is 0 Å². The molecule has 3 nitrogen and oxygen atoms in total. The minimum Gasteiger partial charge on any atom is -0.436 e. The van der Waals surface area contributed by atoms with Crippen LogP contribution >= 0.6 is 0 Å². The van der Waals surface area contributed by atoms with Gasteiger partial charge in [0.05, 0.1) is 0 Å². The SMILES string of the molecule is Fc1ccc2nc(-c3ccc4c(c3)CCN4)oc2c1. The Morgan fingerprint density at radius 1 is 1.16 bits per heavy atom. The molecule has 0 aliphatic carbocycles. The molecule has 1 N–H and O–H groups in total. The van der Waals surface area contributed by atoms with E-state index in [2.05, 4.69) is 16.4 Å². The Bertz CT molecular complexity index is 779. The van der Waals surface area contributed by atoms with Gasteiger partial charge in [-0.05, 0) is 42.3 Å². The summed E-state index contributed by atoms with van der Waals surface area (Å²) in [7, 11) is 0. The summed E-state index contributed by atoms with van der Waals surface area (Å²) in [5.74, 6) is 0.226. The first kappa shape index (κ1) is 10.6. The number of oxazole rings is 1. The number of fused-ring (bicyclic) bond motifs is 2. The van der Waals surface area contributed by atoms with Crippen molar-refractivity contribution in [3.8, 4) is 11.5 Å². The number of anilines is 1. The summed E-state index contributed by atoms with van der Waals surface area (Å²) < 4.78 is 18.8. The lowest BCUT2D eigenvalue weighted by Gasteiger charge is -2.00. The monoisotopic (exact) mass is 254 g/mol. The van der Waals surface area contributed by atoms with Crippen LogP contribution in [0.3, 0.4) is 0 Å². The van der Waals surface area contributed by atoms with Crippen LogP contribution in [0.5, 0.6) is 0 Å². The molecule has 1 aromatic heterocycles. The van der Waals surface area contributed by atoms with Crippen molar-refractivity contribution in [2.45, 2.75) is 6.42 Å². The van der Waals surface area contributed by atoms with Crippen molar-refractivity contribution >= 4 is 16.8 Å². The molecule has 1 aliphatic rings. The van der Waals surface area contributed by atoms with Crippen molar-refractivity contribution in [3.05, 3.63) is 47.8 Å². The Balaban J connectivity index is 1.85. The molecule has 3 aromatic rings. The van der Waals surface area contributed by atoms with Crippen molar-refractivity contribution in [3.63, 3.8) is 0 Å². The molecule has 19 heavy (non-hydrogen) atoms. The van der Waals surface area contributed by atoms with Gasteiger partial charge >= 0.3 is 0 Å². The van der Waals surface area contributed by atoms with Crippen LogP contribution in [-0.2, 0) is 6.42 Å². The second kappa shape index (κ2) is 3.82. The summed E-state index contributed by atoms with van der Waals surface area (Å²) in [4.78, 5) is 4.40. The zero-order valence-corrected chi connectivity index (χ0v) is 10.1. The van der Waals surface area contributed by atoms with Crippen LogP contribution < -0.4 is 5.32 Å².